The zero-order chi connectivity index (χ0) is 15.1. The van der Waals surface area contributed by atoms with E-state index in [4.69, 9.17) is 34.2 Å². The van der Waals surface area contributed by atoms with Gasteiger partial charge in [-0.2, -0.15) is 4.98 Å². The first-order valence-electron chi connectivity index (χ1n) is 5.50. The van der Waals surface area contributed by atoms with Crippen LogP contribution in [-0.4, -0.2) is 44.2 Å². The van der Waals surface area contributed by atoms with E-state index in [1.807, 2.05) is 0 Å². The van der Waals surface area contributed by atoms with E-state index in [9.17, 15) is 13.9 Å². The van der Waals surface area contributed by atoms with E-state index in [0.29, 0.717) is 0 Å². The number of aromatic nitrogens is 2. The highest BCUT2D eigenvalue weighted by molar-refractivity contribution is 7.71. The van der Waals surface area contributed by atoms with Crippen LogP contribution in [0, 0.1) is 22.9 Å². The first-order valence-corrected chi connectivity index (χ1v) is 5.91. The molecule has 20 heavy (non-hydrogen) atoms. The van der Waals surface area contributed by atoms with Crippen molar-refractivity contribution in [1.82, 2.24) is 9.55 Å². The fraction of sp³-hybridized carbons (Fsp3) is 0.455. The standard InChI is InChI=1S/C11H11F2N3O3S/c1-2-11(13)7(18)6(4-17)19-9(11)16-3-5(12)8(14)15-10(16)20/h1,3,6-7,9,17-18H,4H2,(H2,14,15,20)/t6-,7?,9-,11-/m1/s1. The minimum Gasteiger partial charge on any atom is -0.394 e. The SMILES string of the molecule is C#C[C@@]1(F)C(O)[C@@H](CO)O[C@H]1n1cc(F)c(N)nc1=S. The van der Waals surface area contributed by atoms with Crippen molar-refractivity contribution in [2.75, 3.05) is 12.3 Å². The smallest absolute Gasteiger partial charge is 0.243 e. The van der Waals surface area contributed by atoms with Gasteiger partial charge in [0.05, 0.1) is 6.61 Å². The van der Waals surface area contributed by atoms with Gasteiger partial charge in [-0.25, -0.2) is 8.78 Å². The molecule has 1 aliphatic rings. The van der Waals surface area contributed by atoms with E-state index in [-0.39, 0.29) is 4.77 Å². The minimum absolute atomic E-state index is 0.267. The molecule has 2 rings (SSSR count). The number of terminal acetylenes is 1. The van der Waals surface area contributed by atoms with E-state index in [2.05, 4.69) is 4.98 Å². The molecule has 4 N–H and O–H groups in total. The van der Waals surface area contributed by atoms with Crippen molar-refractivity contribution < 1.29 is 23.7 Å². The predicted octanol–water partition coefficient (Wildman–Crippen LogP) is -0.0740. The molecule has 1 aromatic rings. The molecule has 2 heterocycles. The lowest BCUT2D eigenvalue weighted by Gasteiger charge is -2.24. The Balaban J connectivity index is 2.55. The molecule has 108 valence electrons. The summed E-state index contributed by atoms with van der Waals surface area (Å²) < 4.78 is 33.8. The van der Waals surface area contributed by atoms with Gasteiger partial charge in [-0.15, -0.1) is 6.42 Å². The molecule has 1 aromatic heterocycles. The monoisotopic (exact) mass is 303 g/mol. The van der Waals surface area contributed by atoms with Gasteiger partial charge in [0, 0.05) is 6.20 Å². The number of nitrogen functional groups attached to an aromatic ring is 1. The van der Waals surface area contributed by atoms with Gasteiger partial charge >= 0.3 is 0 Å². The van der Waals surface area contributed by atoms with Gasteiger partial charge in [-0.05, 0) is 12.2 Å². The lowest BCUT2D eigenvalue weighted by Crippen LogP contribution is -2.42. The molecule has 9 heteroatoms. The summed E-state index contributed by atoms with van der Waals surface area (Å²) in [5.74, 6) is 0.371. The number of alkyl halides is 1. The Hall–Kier alpha value is -1.60. The first-order chi connectivity index (χ1) is 9.35. The van der Waals surface area contributed by atoms with Crippen molar-refractivity contribution in [3.8, 4) is 12.3 Å². The molecular weight excluding hydrogens is 292 g/mol. The Bertz CT molecular complexity index is 632. The van der Waals surface area contributed by atoms with Crippen LogP contribution < -0.4 is 5.73 Å². The highest BCUT2D eigenvalue weighted by atomic mass is 32.1. The van der Waals surface area contributed by atoms with Gasteiger partial charge in [0.1, 0.15) is 12.2 Å². The number of nitrogens with zero attached hydrogens (tertiary/aromatic N) is 2. The number of hydrogen-bond donors (Lipinski definition) is 3. The van der Waals surface area contributed by atoms with Gasteiger partial charge in [0.15, 0.2) is 17.9 Å². The van der Waals surface area contributed by atoms with Crippen molar-refractivity contribution in [1.29, 1.82) is 0 Å². The number of hydrogen-bond acceptors (Lipinski definition) is 6. The van der Waals surface area contributed by atoms with Gasteiger partial charge < -0.3 is 20.7 Å². The van der Waals surface area contributed by atoms with Crippen LogP contribution in [0.1, 0.15) is 6.23 Å². The molecule has 4 atom stereocenters. The van der Waals surface area contributed by atoms with E-state index in [1.54, 1.807) is 5.92 Å². The molecule has 0 saturated carbocycles. The van der Waals surface area contributed by atoms with Crippen molar-refractivity contribution in [3.63, 3.8) is 0 Å². The fourth-order valence-corrected chi connectivity index (χ4v) is 2.20. The number of halogens is 2. The molecule has 0 aliphatic carbocycles. The maximum Gasteiger partial charge on any atom is 0.243 e. The number of ether oxygens (including phenoxy) is 1. The summed E-state index contributed by atoms with van der Waals surface area (Å²) in [5.41, 5.74) is 2.55. The average molecular weight is 303 g/mol. The van der Waals surface area contributed by atoms with Crippen LogP contribution in [0.15, 0.2) is 6.20 Å². The molecule has 1 unspecified atom stereocenters. The molecule has 0 bridgehead atoms. The van der Waals surface area contributed by atoms with E-state index in [1.165, 1.54) is 0 Å². The van der Waals surface area contributed by atoms with Gasteiger partial charge in [0.2, 0.25) is 10.4 Å². The van der Waals surface area contributed by atoms with Crippen LogP contribution in [0.5, 0.6) is 0 Å². The Kier molecular flexibility index (Phi) is 3.75. The zero-order valence-electron chi connectivity index (χ0n) is 10.0. The van der Waals surface area contributed by atoms with Gasteiger partial charge in [-0.1, -0.05) is 5.92 Å². The quantitative estimate of drug-likeness (QED) is 0.523. The Morgan fingerprint density at radius 3 is 2.90 bits per heavy atom. The molecule has 1 saturated heterocycles. The fourth-order valence-electron chi connectivity index (χ4n) is 1.95. The number of nitrogens with two attached hydrogens (primary N) is 1. The average Bonchev–Trinajstić information content (AvgIpc) is 2.67. The maximum atomic E-state index is 14.7. The summed E-state index contributed by atoms with van der Waals surface area (Å²) in [5, 5.41) is 18.8. The van der Waals surface area contributed by atoms with Crippen LogP contribution in [0.25, 0.3) is 0 Å². The third-order valence-electron chi connectivity index (χ3n) is 3.03. The van der Waals surface area contributed by atoms with Crippen LogP contribution >= 0.6 is 12.2 Å². The molecular formula is C11H11F2N3O3S. The van der Waals surface area contributed by atoms with Crippen LogP contribution in [0.4, 0.5) is 14.6 Å². The van der Waals surface area contributed by atoms with Crippen LogP contribution in [0.2, 0.25) is 0 Å². The van der Waals surface area contributed by atoms with E-state index in [0.717, 1.165) is 10.8 Å². The number of aliphatic hydroxyl groups is 2. The summed E-state index contributed by atoms with van der Waals surface area (Å²) in [6, 6.07) is 0. The Morgan fingerprint density at radius 1 is 1.70 bits per heavy atom. The number of anilines is 1. The first kappa shape index (κ1) is 14.8. The third-order valence-corrected chi connectivity index (χ3v) is 3.34. The second-order valence-corrected chi connectivity index (χ2v) is 4.60. The summed E-state index contributed by atoms with van der Waals surface area (Å²) in [6.45, 7) is -0.663. The van der Waals surface area contributed by atoms with Crippen molar-refractivity contribution in [2.45, 2.75) is 24.1 Å². The molecule has 0 amide bonds. The minimum atomic E-state index is -2.68. The molecule has 0 radical (unpaired) electrons. The summed E-state index contributed by atoms with van der Waals surface area (Å²) in [6.07, 6.45) is 1.21. The van der Waals surface area contributed by atoms with Gasteiger partial charge in [-0.3, -0.25) is 4.57 Å². The van der Waals surface area contributed by atoms with Crippen molar-refractivity contribution in [2.24, 2.45) is 0 Å². The predicted molar refractivity (Wildman–Crippen MR) is 67.1 cm³/mol. The van der Waals surface area contributed by atoms with E-state index >= 15 is 0 Å². The largest absolute Gasteiger partial charge is 0.394 e. The topological polar surface area (TPSA) is 93.5 Å². The second-order valence-electron chi connectivity index (χ2n) is 4.23. The number of aliphatic hydroxyl groups excluding tert-OH is 2. The highest BCUT2D eigenvalue weighted by Gasteiger charge is 2.57. The molecule has 0 spiro atoms. The van der Waals surface area contributed by atoms with Gasteiger partial charge in [0.25, 0.3) is 0 Å². The number of rotatable bonds is 2. The third kappa shape index (κ3) is 2.06. The Labute approximate surface area is 117 Å². The summed E-state index contributed by atoms with van der Waals surface area (Å²) >= 11 is 4.85. The second kappa shape index (κ2) is 5.06. The summed E-state index contributed by atoms with van der Waals surface area (Å²) in [4.78, 5) is 3.51. The molecule has 0 aromatic carbocycles. The maximum absolute atomic E-state index is 14.7. The molecule has 1 aliphatic heterocycles. The zero-order valence-corrected chi connectivity index (χ0v) is 10.8. The van der Waals surface area contributed by atoms with Crippen molar-refractivity contribution in [3.05, 3.63) is 16.8 Å². The van der Waals surface area contributed by atoms with Crippen molar-refractivity contribution >= 4 is 18.0 Å². The lowest BCUT2D eigenvalue weighted by molar-refractivity contribution is -0.0537. The molecule has 6 nitrogen and oxygen atoms in total. The van der Waals surface area contributed by atoms with Crippen LogP contribution in [0.3, 0.4) is 0 Å². The van der Waals surface area contributed by atoms with E-state index < -0.39 is 42.3 Å². The molecule has 1 fully saturated rings. The summed E-state index contributed by atoms with van der Waals surface area (Å²) in [7, 11) is 0. The Morgan fingerprint density at radius 2 is 2.35 bits per heavy atom. The normalized spacial score (nSPS) is 33.0. The highest BCUT2D eigenvalue weighted by Crippen LogP contribution is 2.41. The van der Waals surface area contributed by atoms with Crippen LogP contribution in [-0.2, 0) is 4.74 Å². The lowest BCUT2D eigenvalue weighted by atomic mass is 9.97.